The van der Waals surface area contributed by atoms with Gasteiger partial charge < -0.3 is 9.67 Å². The van der Waals surface area contributed by atoms with Crippen molar-refractivity contribution in [3.05, 3.63) is 18.2 Å². The van der Waals surface area contributed by atoms with E-state index in [0.29, 0.717) is 12.0 Å². The Morgan fingerprint density at radius 2 is 2.27 bits per heavy atom. The Morgan fingerprint density at radius 3 is 2.80 bits per heavy atom. The first-order chi connectivity index (χ1) is 7.18. The third-order valence-corrected chi connectivity index (χ3v) is 3.37. The number of hydrogen-bond donors (Lipinski definition) is 1. The first kappa shape index (κ1) is 10.2. The predicted octanol–water partition coefficient (Wildman–Crippen LogP) is 2.33. The number of hydrogen-bond acceptors (Lipinski definition) is 2. The van der Waals surface area contributed by atoms with Crippen molar-refractivity contribution in [1.82, 2.24) is 9.55 Å². The number of rotatable bonds is 3. The predicted molar refractivity (Wildman–Crippen MR) is 55.9 cm³/mol. The lowest BCUT2D eigenvalue weighted by Crippen LogP contribution is -2.12. The summed E-state index contributed by atoms with van der Waals surface area (Å²) in [5.74, 6) is -0.270. The molecule has 1 atom stereocenters. The standard InChI is InChI=1S/C11H16N2O2/c1-8(9-4-2-3-5-9)13-6-10(11(14)15)12-7-13/h6-9H,2-5H2,1H3,(H,14,15)/t8-/m0/s1. The Morgan fingerprint density at radius 1 is 1.60 bits per heavy atom. The molecule has 2 rings (SSSR count). The molecule has 0 spiro atoms. The zero-order valence-corrected chi connectivity index (χ0v) is 8.89. The van der Waals surface area contributed by atoms with Crippen molar-refractivity contribution in [2.45, 2.75) is 38.6 Å². The van der Waals surface area contributed by atoms with Crippen LogP contribution in [0.5, 0.6) is 0 Å². The van der Waals surface area contributed by atoms with Crippen LogP contribution in [-0.2, 0) is 0 Å². The minimum atomic E-state index is -0.952. The number of imidazole rings is 1. The minimum absolute atomic E-state index is 0.139. The Kier molecular flexibility index (Phi) is 2.75. The van der Waals surface area contributed by atoms with Crippen LogP contribution < -0.4 is 0 Å². The Bertz CT molecular complexity index is 353. The van der Waals surface area contributed by atoms with E-state index in [-0.39, 0.29) is 5.69 Å². The van der Waals surface area contributed by atoms with Crippen molar-refractivity contribution in [2.24, 2.45) is 5.92 Å². The molecule has 1 aromatic heterocycles. The van der Waals surface area contributed by atoms with Crippen LogP contribution in [0.15, 0.2) is 12.5 Å². The summed E-state index contributed by atoms with van der Waals surface area (Å²) >= 11 is 0. The molecular formula is C11H16N2O2. The second kappa shape index (κ2) is 4.04. The van der Waals surface area contributed by atoms with Gasteiger partial charge in [0, 0.05) is 12.2 Å². The SMILES string of the molecule is C[C@@H](C1CCCC1)n1cnc(C(=O)O)c1. The molecule has 1 aliphatic carbocycles. The number of carboxylic acid groups (broad SMARTS) is 1. The summed E-state index contributed by atoms with van der Waals surface area (Å²) in [6.45, 7) is 2.14. The molecule has 1 aliphatic rings. The molecule has 1 fully saturated rings. The van der Waals surface area contributed by atoms with Gasteiger partial charge in [0.1, 0.15) is 0 Å². The van der Waals surface area contributed by atoms with E-state index >= 15 is 0 Å². The molecule has 0 radical (unpaired) electrons. The second-order valence-corrected chi connectivity index (χ2v) is 4.30. The maximum atomic E-state index is 10.7. The third kappa shape index (κ3) is 2.03. The lowest BCUT2D eigenvalue weighted by Gasteiger charge is -2.19. The van der Waals surface area contributed by atoms with Crippen molar-refractivity contribution < 1.29 is 9.90 Å². The number of carboxylic acids is 1. The van der Waals surface area contributed by atoms with Gasteiger partial charge >= 0.3 is 5.97 Å². The molecule has 82 valence electrons. The molecule has 4 heteroatoms. The maximum Gasteiger partial charge on any atom is 0.356 e. The number of nitrogens with zero attached hydrogens (tertiary/aromatic N) is 2. The lowest BCUT2D eigenvalue weighted by molar-refractivity contribution is 0.0691. The van der Waals surface area contributed by atoms with E-state index in [9.17, 15) is 4.79 Å². The second-order valence-electron chi connectivity index (χ2n) is 4.30. The highest BCUT2D eigenvalue weighted by Crippen LogP contribution is 2.33. The molecule has 1 aromatic rings. The normalized spacial score (nSPS) is 19.3. The molecule has 15 heavy (non-hydrogen) atoms. The van der Waals surface area contributed by atoms with E-state index in [1.165, 1.54) is 25.7 Å². The summed E-state index contributed by atoms with van der Waals surface area (Å²) in [5.41, 5.74) is 0.139. The molecule has 0 aliphatic heterocycles. The largest absolute Gasteiger partial charge is 0.476 e. The van der Waals surface area contributed by atoms with E-state index in [0.717, 1.165) is 0 Å². The van der Waals surface area contributed by atoms with Gasteiger partial charge in [-0.2, -0.15) is 0 Å². The zero-order valence-electron chi connectivity index (χ0n) is 8.89. The van der Waals surface area contributed by atoms with Gasteiger partial charge in [0.25, 0.3) is 0 Å². The summed E-state index contributed by atoms with van der Waals surface area (Å²) in [4.78, 5) is 14.6. The molecule has 1 N–H and O–H groups in total. The highest BCUT2D eigenvalue weighted by atomic mass is 16.4. The van der Waals surface area contributed by atoms with E-state index in [1.807, 2.05) is 4.57 Å². The lowest BCUT2D eigenvalue weighted by atomic mass is 10.00. The quantitative estimate of drug-likeness (QED) is 0.829. The van der Waals surface area contributed by atoms with Crippen LogP contribution in [0.2, 0.25) is 0 Å². The molecule has 0 amide bonds. The number of aromatic nitrogens is 2. The summed E-state index contributed by atoms with van der Waals surface area (Å²) in [5, 5.41) is 8.77. The summed E-state index contributed by atoms with van der Waals surface area (Å²) in [7, 11) is 0. The topological polar surface area (TPSA) is 55.1 Å². The molecule has 1 saturated carbocycles. The molecule has 1 heterocycles. The van der Waals surface area contributed by atoms with Gasteiger partial charge in [0.15, 0.2) is 5.69 Å². The van der Waals surface area contributed by atoms with Gasteiger partial charge in [-0.05, 0) is 25.7 Å². The van der Waals surface area contributed by atoms with Crippen LogP contribution in [0.25, 0.3) is 0 Å². The highest BCUT2D eigenvalue weighted by molar-refractivity contribution is 5.84. The van der Waals surface area contributed by atoms with Crippen molar-refractivity contribution in [2.75, 3.05) is 0 Å². The zero-order chi connectivity index (χ0) is 10.8. The molecule has 0 unspecified atom stereocenters. The van der Waals surface area contributed by atoms with Crippen LogP contribution in [0.4, 0.5) is 0 Å². The molecule has 4 nitrogen and oxygen atoms in total. The van der Waals surface area contributed by atoms with Gasteiger partial charge in [-0.25, -0.2) is 9.78 Å². The summed E-state index contributed by atoms with van der Waals surface area (Å²) in [6.07, 6.45) is 8.37. The Balaban J connectivity index is 2.10. The fraction of sp³-hybridized carbons (Fsp3) is 0.636. The molecule has 0 bridgehead atoms. The van der Waals surface area contributed by atoms with Gasteiger partial charge in [-0.1, -0.05) is 12.8 Å². The van der Waals surface area contributed by atoms with Gasteiger partial charge in [-0.3, -0.25) is 0 Å². The third-order valence-electron chi connectivity index (χ3n) is 3.37. The average molecular weight is 208 g/mol. The van der Waals surface area contributed by atoms with Crippen molar-refractivity contribution >= 4 is 5.97 Å². The van der Waals surface area contributed by atoms with E-state index in [1.54, 1.807) is 12.5 Å². The average Bonchev–Trinajstić information content (AvgIpc) is 2.88. The minimum Gasteiger partial charge on any atom is -0.476 e. The Hall–Kier alpha value is -1.32. The van der Waals surface area contributed by atoms with Crippen molar-refractivity contribution in [1.29, 1.82) is 0 Å². The van der Waals surface area contributed by atoms with E-state index in [2.05, 4.69) is 11.9 Å². The number of aromatic carboxylic acids is 1. The smallest absolute Gasteiger partial charge is 0.356 e. The molecule has 0 saturated heterocycles. The fourth-order valence-electron chi connectivity index (χ4n) is 2.35. The first-order valence-electron chi connectivity index (χ1n) is 5.45. The van der Waals surface area contributed by atoms with Crippen LogP contribution in [0.1, 0.15) is 49.1 Å². The number of carbonyl (C=O) groups is 1. The highest BCUT2D eigenvalue weighted by Gasteiger charge is 2.23. The van der Waals surface area contributed by atoms with Gasteiger partial charge in [0.05, 0.1) is 6.33 Å². The maximum absolute atomic E-state index is 10.7. The summed E-state index contributed by atoms with van der Waals surface area (Å²) < 4.78 is 1.93. The monoisotopic (exact) mass is 208 g/mol. The van der Waals surface area contributed by atoms with Crippen molar-refractivity contribution in [3.8, 4) is 0 Å². The summed E-state index contributed by atoms with van der Waals surface area (Å²) in [6, 6.07) is 0.369. The Labute approximate surface area is 88.9 Å². The van der Waals surface area contributed by atoms with Gasteiger partial charge in [-0.15, -0.1) is 0 Å². The van der Waals surface area contributed by atoms with E-state index in [4.69, 9.17) is 5.11 Å². The van der Waals surface area contributed by atoms with Crippen molar-refractivity contribution in [3.63, 3.8) is 0 Å². The fourth-order valence-corrected chi connectivity index (χ4v) is 2.35. The molecular weight excluding hydrogens is 192 g/mol. The molecule has 0 aromatic carbocycles. The van der Waals surface area contributed by atoms with Gasteiger partial charge in [0.2, 0.25) is 0 Å². The van der Waals surface area contributed by atoms with Crippen LogP contribution in [-0.4, -0.2) is 20.6 Å². The first-order valence-corrected chi connectivity index (χ1v) is 5.45. The van der Waals surface area contributed by atoms with E-state index < -0.39 is 5.97 Å². The van der Waals surface area contributed by atoms with Crippen LogP contribution in [0.3, 0.4) is 0 Å². The van der Waals surface area contributed by atoms with Crippen LogP contribution >= 0.6 is 0 Å². The van der Waals surface area contributed by atoms with Crippen LogP contribution in [0, 0.1) is 5.92 Å².